The van der Waals surface area contributed by atoms with Crippen LogP contribution >= 0.6 is 0 Å². The first-order valence-electron chi connectivity index (χ1n) is 7.16. The second-order valence-corrected chi connectivity index (χ2v) is 7.05. The molecule has 0 spiro atoms. The molecule has 1 fully saturated rings. The quantitative estimate of drug-likeness (QED) is 0.751. The van der Waals surface area contributed by atoms with Gasteiger partial charge in [0.25, 0.3) is 0 Å². The Morgan fingerprint density at radius 3 is 2.61 bits per heavy atom. The number of hydrogen-bond donors (Lipinski definition) is 0. The van der Waals surface area contributed by atoms with Gasteiger partial charge in [0.05, 0.1) is 12.0 Å². The number of carbonyl (C=O) groups excluding carboxylic acids is 1. The van der Waals surface area contributed by atoms with E-state index in [4.69, 9.17) is 14.7 Å². The summed E-state index contributed by atoms with van der Waals surface area (Å²) in [6, 6.07) is 6.88. The van der Waals surface area contributed by atoms with E-state index in [0.717, 1.165) is 4.31 Å². The smallest absolute Gasteiger partial charge is 0.325 e. The summed E-state index contributed by atoms with van der Waals surface area (Å²) < 4.78 is 36.5. The molecule has 7 nitrogen and oxygen atoms in total. The molecule has 0 amide bonds. The third kappa shape index (κ3) is 3.63. The average Bonchev–Trinajstić information content (AvgIpc) is 3.05. The van der Waals surface area contributed by atoms with Crippen LogP contribution in [-0.2, 0) is 19.6 Å². The maximum absolute atomic E-state index is 12.7. The molecule has 23 heavy (non-hydrogen) atoms. The lowest BCUT2D eigenvalue weighted by atomic mass is 10.2. The molecule has 0 radical (unpaired) electrons. The van der Waals surface area contributed by atoms with Crippen molar-refractivity contribution in [2.24, 2.45) is 0 Å². The van der Waals surface area contributed by atoms with Crippen molar-refractivity contribution < 1.29 is 22.7 Å². The number of hydrogen-bond acceptors (Lipinski definition) is 6. The molecule has 124 valence electrons. The molecule has 1 aliphatic rings. The van der Waals surface area contributed by atoms with Gasteiger partial charge in [0.1, 0.15) is 17.9 Å². The van der Waals surface area contributed by atoms with E-state index in [1.165, 1.54) is 26.2 Å². The maximum Gasteiger partial charge on any atom is 0.325 e. The zero-order valence-corrected chi connectivity index (χ0v) is 13.7. The van der Waals surface area contributed by atoms with E-state index in [1.807, 2.05) is 0 Å². The summed E-state index contributed by atoms with van der Waals surface area (Å²) in [5.74, 6) is -0.141. The topological polar surface area (TPSA) is 96.7 Å². The maximum atomic E-state index is 12.7. The van der Waals surface area contributed by atoms with E-state index in [9.17, 15) is 13.2 Å². The Morgan fingerprint density at radius 1 is 1.39 bits per heavy atom. The molecule has 1 aromatic rings. The first-order valence-corrected chi connectivity index (χ1v) is 8.60. The lowest BCUT2D eigenvalue weighted by molar-refractivity contribution is -0.149. The lowest BCUT2D eigenvalue weighted by Crippen LogP contribution is -2.42. The molecule has 0 aromatic heterocycles. The molecule has 1 saturated heterocycles. The van der Waals surface area contributed by atoms with Gasteiger partial charge < -0.3 is 9.47 Å². The molecule has 8 heteroatoms. The van der Waals surface area contributed by atoms with E-state index in [-0.39, 0.29) is 11.4 Å². The Labute approximate surface area is 135 Å². The van der Waals surface area contributed by atoms with Gasteiger partial charge in [0.2, 0.25) is 10.0 Å². The van der Waals surface area contributed by atoms with E-state index in [1.54, 1.807) is 18.2 Å². The van der Waals surface area contributed by atoms with Gasteiger partial charge in [0.15, 0.2) is 6.10 Å². The van der Waals surface area contributed by atoms with Crippen molar-refractivity contribution in [2.45, 2.75) is 36.8 Å². The standard InChI is InChI=1S/C15H18N2O5S/c1-11(10-16)22-15(18)14-4-3-9-17(14)23(19,20)13-7-5-12(21-2)6-8-13/h5-8,11,14H,3-4,9H2,1-2H3/t11-,14+/m1/s1. The number of nitrogens with zero attached hydrogens (tertiary/aromatic N) is 2. The Hall–Kier alpha value is -2.11. The summed E-state index contributed by atoms with van der Waals surface area (Å²) >= 11 is 0. The first kappa shape index (κ1) is 17.2. The number of nitriles is 1. The van der Waals surface area contributed by atoms with Gasteiger partial charge in [-0.2, -0.15) is 9.57 Å². The largest absolute Gasteiger partial charge is 0.497 e. The number of esters is 1. The van der Waals surface area contributed by atoms with E-state index in [0.29, 0.717) is 18.6 Å². The lowest BCUT2D eigenvalue weighted by Gasteiger charge is -2.23. The molecule has 2 atom stereocenters. The Kier molecular flexibility index (Phi) is 5.23. The number of sulfonamides is 1. The molecule has 0 unspecified atom stereocenters. The van der Waals surface area contributed by atoms with Crippen LogP contribution in [0.4, 0.5) is 0 Å². The Bertz CT molecular complexity index is 708. The molecule has 1 aromatic carbocycles. The molecule has 1 heterocycles. The van der Waals surface area contributed by atoms with Crippen molar-refractivity contribution >= 4 is 16.0 Å². The minimum atomic E-state index is -3.81. The molecule has 2 rings (SSSR count). The van der Waals surface area contributed by atoms with Crippen LogP contribution in [0.1, 0.15) is 19.8 Å². The van der Waals surface area contributed by atoms with Gasteiger partial charge in [-0.1, -0.05) is 0 Å². The third-order valence-corrected chi connectivity index (χ3v) is 5.54. The summed E-state index contributed by atoms with van der Waals surface area (Å²) in [5, 5.41) is 8.71. The number of methoxy groups -OCH3 is 1. The van der Waals surface area contributed by atoms with Gasteiger partial charge in [-0.3, -0.25) is 4.79 Å². The van der Waals surface area contributed by atoms with Gasteiger partial charge in [-0.15, -0.1) is 0 Å². The summed E-state index contributed by atoms with van der Waals surface area (Å²) in [7, 11) is -2.31. The van der Waals surface area contributed by atoms with Gasteiger partial charge in [-0.05, 0) is 44.0 Å². The van der Waals surface area contributed by atoms with Crippen LogP contribution in [0.25, 0.3) is 0 Å². The van der Waals surface area contributed by atoms with Crippen molar-refractivity contribution in [3.05, 3.63) is 24.3 Å². The summed E-state index contributed by atoms with van der Waals surface area (Å²) in [6.07, 6.45) is 0.0382. The zero-order valence-electron chi connectivity index (χ0n) is 12.9. The van der Waals surface area contributed by atoms with Crippen LogP contribution < -0.4 is 4.74 Å². The van der Waals surface area contributed by atoms with Gasteiger partial charge in [-0.25, -0.2) is 8.42 Å². The average molecular weight is 338 g/mol. The number of benzene rings is 1. The fourth-order valence-corrected chi connectivity index (χ4v) is 4.07. The van der Waals surface area contributed by atoms with Crippen molar-refractivity contribution in [3.8, 4) is 11.8 Å². The van der Waals surface area contributed by atoms with E-state index < -0.39 is 28.1 Å². The highest BCUT2D eigenvalue weighted by Gasteiger charge is 2.40. The van der Waals surface area contributed by atoms with Crippen molar-refractivity contribution in [3.63, 3.8) is 0 Å². The van der Waals surface area contributed by atoms with Crippen LogP contribution in [0.2, 0.25) is 0 Å². The van der Waals surface area contributed by atoms with Crippen LogP contribution in [-0.4, -0.2) is 44.5 Å². The number of rotatable bonds is 5. The predicted molar refractivity (Wildman–Crippen MR) is 81.1 cm³/mol. The highest BCUT2D eigenvalue weighted by atomic mass is 32.2. The fourth-order valence-electron chi connectivity index (χ4n) is 2.43. The minimum absolute atomic E-state index is 0.0892. The zero-order chi connectivity index (χ0) is 17.0. The first-order chi connectivity index (χ1) is 10.9. The SMILES string of the molecule is COc1ccc(S(=O)(=O)N2CCC[C@H]2C(=O)O[C@H](C)C#N)cc1. The third-order valence-electron chi connectivity index (χ3n) is 3.62. The van der Waals surface area contributed by atoms with Crippen molar-refractivity contribution in [2.75, 3.05) is 13.7 Å². The highest BCUT2D eigenvalue weighted by molar-refractivity contribution is 7.89. The summed E-state index contributed by atoms with van der Waals surface area (Å²) in [6.45, 7) is 1.68. The summed E-state index contributed by atoms with van der Waals surface area (Å²) in [4.78, 5) is 12.2. The molecular formula is C15H18N2O5S. The van der Waals surface area contributed by atoms with Crippen LogP contribution in [0.5, 0.6) is 5.75 Å². The second-order valence-electron chi connectivity index (χ2n) is 5.16. The Balaban J connectivity index is 2.23. The number of carbonyl (C=O) groups is 1. The highest BCUT2D eigenvalue weighted by Crippen LogP contribution is 2.28. The van der Waals surface area contributed by atoms with E-state index in [2.05, 4.69) is 0 Å². The number of ether oxygens (including phenoxy) is 2. The van der Waals surface area contributed by atoms with Crippen LogP contribution in [0.3, 0.4) is 0 Å². The molecule has 0 bridgehead atoms. The van der Waals surface area contributed by atoms with Gasteiger partial charge >= 0.3 is 5.97 Å². The molecule has 0 N–H and O–H groups in total. The minimum Gasteiger partial charge on any atom is -0.497 e. The van der Waals surface area contributed by atoms with E-state index >= 15 is 0 Å². The monoisotopic (exact) mass is 338 g/mol. The second kappa shape index (κ2) is 6.98. The van der Waals surface area contributed by atoms with Crippen molar-refractivity contribution in [1.82, 2.24) is 4.31 Å². The molecular weight excluding hydrogens is 320 g/mol. The van der Waals surface area contributed by atoms with Crippen LogP contribution in [0, 0.1) is 11.3 Å². The van der Waals surface area contributed by atoms with Crippen molar-refractivity contribution in [1.29, 1.82) is 5.26 Å². The summed E-state index contributed by atoms with van der Waals surface area (Å²) in [5.41, 5.74) is 0. The normalized spacial score (nSPS) is 19.8. The molecule has 0 saturated carbocycles. The Morgan fingerprint density at radius 2 is 2.04 bits per heavy atom. The fraction of sp³-hybridized carbons (Fsp3) is 0.467. The predicted octanol–water partition coefficient (Wildman–Crippen LogP) is 1.30. The van der Waals surface area contributed by atoms with Gasteiger partial charge in [0, 0.05) is 6.54 Å². The molecule has 1 aliphatic heterocycles. The van der Waals surface area contributed by atoms with Crippen LogP contribution in [0.15, 0.2) is 29.2 Å². The molecule has 0 aliphatic carbocycles.